The molecule has 1 aromatic heterocycles. The van der Waals surface area contributed by atoms with E-state index >= 15 is 0 Å². The molecule has 6 heteroatoms. The Kier molecular flexibility index (Phi) is 6.04. The van der Waals surface area contributed by atoms with E-state index in [1.165, 1.54) is 17.3 Å². The number of carbonyl (C=O) groups is 1. The molecule has 0 radical (unpaired) electrons. The molecule has 1 heterocycles. The van der Waals surface area contributed by atoms with Gasteiger partial charge in [0.2, 0.25) is 0 Å². The fraction of sp³-hybridized carbons (Fsp3) is 0.190. The SMILES string of the molecule is Cc1ccc(NC(=O)c2cnc(NCCc3ccc(Cl)cc3)cn2)cc1C. The number of aromatic nitrogens is 2. The summed E-state index contributed by atoms with van der Waals surface area (Å²) in [5.74, 6) is 0.352. The second-order valence-electron chi connectivity index (χ2n) is 6.34. The molecule has 3 aromatic rings. The Morgan fingerprint density at radius 3 is 2.44 bits per heavy atom. The first-order valence-electron chi connectivity index (χ1n) is 8.70. The van der Waals surface area contributed by atoms with E-state index in [0.29, 0.717) is 12.4 Å². The van der Waals surface area contributed by atoms with Gasteiger partial charge in [0.05, 0.1) is 12.4 Å². The predicted octanol–water partition coefficient (Wildman–Crippen LogP) is 4.65. The first-order valence-corrected chi connectivity index (χ1v) is 9.08. The van der Waals surface area contributed by atoms with Gasteiger partial charge in [-0.1, -0.05) is 29.8 Å². The number of hydrogen-bond donors (Lipinski definition) is 2. The third-order valence-corrected chi connectivity index (χ3v) is 4.53. The summed E-state index contributed by atoms with van der Waals surface area (Å²) >= 11 is 5.88. The second kappa shape index (κ2) is 8.64. The average molecular weight is 381 g/mol. The fourth-order valence-electron chi connectivity index (χ4n) is 2.54. The molecule has 2 aromatic carbocycles. The summed E-state index contributed by atoms with van der Waals surface area (Å²) in [6, 6.07) is 13.5. The van der Waals surface area contributed by atoms with Gasteiger partial charge in [-0.2, -0.15) is 0 Å². The molecule has 138 valence electrons. The van der Waals surface area contributed by atoms with Gasteiger partial charge >= 0.3 is 0 Å². The smallest absolute Gasteiger partial charge is 0.275 e. The Morgan fingerprint density at radius 2 is 1.78 bits per heavy atom. The van der Waals surface area contributed by atoms with Crippen molar-refractivity contribution in [2.45, 2.75) is 20.3 Å². The first kappa shape index (κ1) is 18.9. The van der Waals surface area contributed by atoms with Crippen molar-refractivity contribution in [3.8, 4) is 0 Å². The van der Waals surface area contributed by atoms with Crippen LogP contribution in [0.4, 0.5) is 11.5 Å². The molecule has 3 rings (SSSR count). The van der Waals surface area contributed by atoms with Crippen molar-refractivity contribution >= 4 is 29.0 Å². The molecule has 1 amide bonds. The van der Waals surface area contributed by atoms with Crippen molar-refractivity contribution in [1.82, 2.24) is 9.97 Å². The summed E-state index contributed by atoms with van der Waals surface area (Å²) in [5.41, 5.74) is 4.51. The quantitative estimate of drug-likeness (QED) is 0.653. The summed E-state index contributed by atoms with van der Waals surface area (Å²) in [4.78, 5) is 20.8. The van der Waals surface area contributed by atoms with Crippen LogP contribution in [0, 0.1) is 13.8 Å². The first-order chi connectivity index (χ1) is 13.0. The highest BCUT2D eigenvalue weighted by molar-refractivity contribution is 6.30. The van der Waals surface area contributed by atoms with Gasteiger partial charge in [-0.25, -0.2) is 9.97 Å². The standard InChI is InChI=1S/C21H21ClN4O/c1-14-3-8-18(11-15(14)2)26-21(27)19-12-25-20(13-24-19)23-10-9-16-4-6-17(22)7-5-16/h3-8,11-13H,9-10H2,1-2H3,(H,23,25)(H,26,27). The number of carbonyl (C=O) groups excluding carboxylic acids is 1. The van der Waals surface area contributed by atoms with Crippen LogP contribution in [0.25, 0.3) is 0 Å². The zero-order chi connectivity index (χ0) is 19.2. The maximum atomic E-state index is 12.3. The minimum absolute atomic E-state index is 0.275. The zero-order valence-electron chi connectivity index (χ0n) is 15.3. The largest absolute Gasteiger partial charge is 0.368 e. The van der Waals surface area contributed by atoms with Crippen LogP contribution < -0.4 is 10.6 Å². The van der Waals surface area contributed by atoms with Gasteiger partial charge in [0, 0.05) is 17.3 Å². The van der Waals surface area contributed by atoms with E-state index in [1.54, 1.807) is 6.20 Å². The van der Waals surface area contributed by atoms with Gasteiger partial charge in [0.1, 0.15) is 11.5 Å². The molecule has 0 aliphatic heterocycles. The van der Waals surface area contributed by atoms with Crippen LogP contribution in [-0.4, -0.2) is 22.4 Å². The van der Waals surface area contributed by atoms with Crippen molar-refractivity contribution in [3.05, 3.63) is 82.3 Å². The highest BCUT2D eigenvalue weighted by atomic mass is 35.5. The Hall–Kier alpha value is -2.92. The minimum Gasteiger partial charge on any atom is -0.368 e. The number of hydrogen-bond acceptors (Lipinski definition) is 4. The maximum Gasteiger partial charge on any atom is 0.275 e. The molecule has 0 aliphatic carbocycles. The molecule has 0 saturated carbocycles. The van der Waals surface area contributed by atoms with E-state index in [1.807, 2.05) is 56.3 Å². The number of halogens is 1. The number of benzene rings is 2. The van der Waals surface area contributed by atoms with Crippen LogP contribution in [0.2, 0.25) is 5.02 Å². The number of rotatable bonds is 6. The summed E-state index contributed by atoms with van der Waals surface area (Å²) in [5, 5.41) is 6.77. The van der Waals surface area contributed by atoms with Crippen molar-refractivity contribution in [1.29, 1.82) is 0 Å². The molecular formula is C21H21ClN4O. The summed E-state index contributed by atoms with van der Waals surface area (Å²) in [6.07, 6.45) is 3.88. The molecule has 27 heavy (non-hydrogen) atoms. The number of nitrogens with zero attached hydrogens (tertiary/aromatic N) is 2. The normalized spacial score (nSPS) is 10.5. The maximum absolute atomic E-state index is 12.3. The summed E-state index contributed by atoms with van der Waals surface area (Å²) in [6.45, 7) is 4.75. The van der Waals surface area contributed by atoms with Crippen LogP contribution in [0.3, 0.4) is 0 Å². The summed E-state index contributed by atoms with van der Waals surface area (Å²) < 4.78 is 0. The Balaban J connectivity index is 1.53. The third-order valence-electron chi connectivity index (χ3n) is 4.28. The van der Waals surface area contributed by atoms with Crippen LogP contribution in [-0.2, 0) is 6.42 Å². The van der Waals surface area contributed by atoms with Gasteiger partial charge in [-0.15, -0.1) is 0 Å². The molecule has 0 saturated heterocycles. The molecule has 0 spiro atoms. The van der Waals surface area contributed by atoms with E-state index in [-0.39, 0.29) is 11.6 Å². The lowest BCUT2D eigenvalue weighted by atomic mass is 10.1. The Bertz CT molecular complexity index is 924. The van der Waals surface area contributed by atoms with Crippen molar-refractivity contribution in [3.63, 3.8) is 0 Å². The molecular weight excluding hydrogens is 360 g/mol. The highest BCUT2D eigenvalue weighted by Gasteiger charge is 2.09. The molecule has 0 aliphatic rings. The third kappa shape index (κ3) is 5.28. The van der Waals surface area contributed by atoms with Crippen LogP contribution in [0.5, 0.6) is 0 Å². The van der Waals surface area contributed by atoms with Crippen molar-refractivity contribution in [2.24, 2.45) is 0 Å². The van der Waals surface area contributed by atoms with Crippen molar-refractivity contribution < 1.29 is 4.79 Å². The lowest BCUT2D eigenvalue weighted by Crippen LogP contribution is -2.15. The highest BCUT2D eigenvalue weighted by Crippen LogP contribution is 2.15. The van der Waals surface area contributed by atoms with E-state index in [4.69, 9.17) is 11.6 Å². The lowest BCUT2D eigenvalue weighted by molar-refractivity contribution is 0.102. The fourth-order valence-corrected chi connectivity index (χ4v) is 2.66. The van der Waals surface area contributed by atoms with Gasteiger partial charge in [-0.3, -0.25) is 4.79 Å². The van der Waals surface area contributed by atoms with E-state index in [0.717, 1.165) is 22.7 Å². The van der Waals surface area contributed by atoms with Crippen molar-refractivity contribution in [2.75, 3.05) is 17.2 Å². The van der Waals surface area contributed by atoms with Gasteiger partial charge in [0.25, 0.3) is 5.91 Å². The Morgan fingerprint density at radius 1 is 1.00 bits per heavy atom. The zero-order valence-corrected chi connectivity index (χ0v) is 16.0. The van der Waals surface area contributed by atoms with Crippen LogP contribution in [0.1, 0.15) is 27.2 Å². The van der Waals surface area contributed by atoms with Gasteiger partial charge in [0.15, 0.2) is 0 Å². The molecule has 0 bridgehead atoms. The number of amides is 1. The topological polar surface area (TPSA) is 66.9 Å². The number of anilines is 2. The molecule has 5 nitrogen and oxygen atoms in total. The second-order valence-corrected chi connectivity index (χ2v) is 6.78. The van der Waals surface area contributed by atoms with Crippen LogP contribution in [0.15, 0.2) is 54.9 Å². The lowest BCUT2D eigenvalue weighted by Gasteiger charge is -2.08. The minimum atomic E-state index is -0.279. The molecule has 2 N–H and O–H groups in total. The van der Waals surface area contributed by atoms with Crippen LogP contribution >= 0.6 is 11.6 Å². The van der Waals surface area contributed by atoms with Gasteiger partial charge in [-0.05, 0) is 61.2 Å². The van der Waals surface area contributed by atoms with E-state index in [2.05, 4.69) is 20.6 Å². The predicted molar refractivity (Wildman–Crippen MR) is 110 cm³/mol. The molecule has 0 unspecified atom stereocenters. The molecule has 0 fully saturated rings. The van der Waals surface area contributed by atoms with E-state index in [9.17, 15) is 4.79 Å². The Labute approximate surface area is 163 Å². The van der Waals surface area contributed by atoms with Gasteiger partial charge < -0.3 is 10.6 Å². The molecule has 0 atom stereocenters. The number of nitrogens with one attached hydrogen (secondary N) is 2. The van der Waals surface area contributed by atoms with E-state index < -0.39 is 0 Å². The summed E-state index contributed by atoms with van der Waals surface area (Å²) in [7, 11) is 0. The monoisotopic (exact) mass is 380 g/mol. The average Bonchev–Trinajstić information content (AvgIpc) is 2.67. The number of aryl methyl sites for hydroxylation is 2.